The summed E-state index contributed by atoms with van der Waals surface area (Å²) >= 11 is 0. The minimum atomic E-state index is -0.366. The lowest BCUT2D eigenvalue weighted by Crippen LogP contribution is -2.26. The van der Waals surface area contributed by atoms with Gasteiger partial charge in [0.2, 0.25) is 0 Å². The zero-order valence-corrected chi connectivity index (χ0v) is 20.0. The van der Waals surface area contributed by atoms with Crippen molar-refractivity contribution in [1.82, 2.24) is 0 Å². The second-order valence-corrected chi connectivity index (χ2v) is 8.83. The monoisotopic (exact) mass is 470 g/mol. The number of anilines is 2. The molecule has 0 radical (unpaired) electrons. The quantitative estimate of drug-likeness (QED) is 0.400. The molecule has 3 aromatic rings. The average molecular weight is 471 g/mol. The van der Waals surface area contributed by atoms with E-state index in [4.69, 9.17) is 9.47 Å². The van der Waals surface area contributed by atoms with Gasteiger partial charge in [-0.15, -0.1) is 0 Å². The Balaban J connectivity index is 1.55. The van der Waals surface area contributed by atoms with Crippen LogP contribution in [0, 0.1) is 0 Å². The van der Waals surface area contributed by atoms with Crippen LogP contribution >= 0.6 is 0 Å². The molecule has 1 aliphatic carbocycles. The van der Waals surface area contributed by atoms with Gasteiger partial charge in [0, 0.05) is 17.7 Å². The fourth-order valence-electron chi connectivity index (χ4n) is 4.96. The summed E-state index contributed by atoms with van der Waals surface area (Å²) in [5, 5.41) is 17.4. The van der Waals surface area contributed by atoms with Crippen LogP contribution < -0.4 is 20.1 Å². The second-order valence-electron chi connectivity index (χ2n) is 8.83. The summed E-state index contributed by atoms with van der Waals surface area (Å²) in [6.45, 7) is 4.91. The van der Waals surface area contributed by atoms with E-state index in [9.17, 15) is 9.90 Å². The van der Waals surface area contributed by atoms with Crippen LogP contribution in [0.3, 0.4) is 0 Å². The molecule has 35 heavy (non-hydrogen) atoms. The van der Waals surface area contributed by atoms with E-state index in [1.807, 2.05) is 62.4 Å². The van der Waals surface area contributed by atoms with Crippen LogP contribution in [0.5, 0.6) is 17.2 Å². The smallest absolute Gasteiger partial charge is 0.163 e. The molecule has 0 saturated carbocycles. The van der Waals surface area contributed by atoms with Crippen LogP contribution in [0.15, 0.2) is 78.0 Å². The maximum atomic E-state index is 13.7. The van der Waals surface area contributed by atoms with Gasteiger partial charge in [-0.3, -0.25) is 4.79 Å². The molecule has 0 spiro atoms. The Bertz CT molecular complexity index is 1270. The van der Waals surface area contributed by atoms with Gasteiger partial charge in [0.15, 0.2) is 17.3 Å². The third-order valence-corrected chi connectivity index (χ3v) is 6.59. The fraction of sp³-hybridized carbons (Fsp3) is 0.276. The highest BCUT2D eigenvalue weighted by molar-refractivity contribution is 6.01. The van der Waals surface area contributed by atoms with Crippen LogP contribution in [0.4, 0.5) is 11.4 Å². The number of Topliss-reactive ketones (excluding diaryl/α,β-unsaturated/α-hetero) is 1. The van der Waals surface area contributed by atoms with Crippen LogP contribution in [0.25, 0.3) is 0 Å². The Morgan fingerprint density at radius 1 is 0.886 bits per heavy atom. The molecular formula is C29H30N2O4. The van der Waals surface area contributed by atoms with E-state index in [-0.39, 0.29) is 23.5 Å². The number of carbonyl (C=O) groups is 1. The molecular weight excluding hydrogens is 440 g/mol. The van der Waals surface area contributed by atoms with Crippen molar-refractivity contribution in [2.24, 2.45) is 0 Å². The predicted molar refractivity (Wildman–Crippen MR) is 137 cm³/mol. The molecule has 3 aromatic carbocycles. The molecule has 2 aliphatic rings. The highest BCUT2D eigenvalue weighted by Gasteiger charge is 2.36. The normalized spacial score (nSPS) is 19.1. The maximum Gasteiger partial charge on any atom is 0.163 e. The van der Waals surface area contributed by atoms with Gasteiger partial charge in [-0.2, -0.15) is 0 Å². The minimum Gasteiger partial charge on any atom is -0.504 e. The number of ether oxygens (including phenoxy) is 2. The molecule has 2 atom stereocenters. The van der Waals surface area contributed by atoms with Gasteiger partial charge < -0.3 is 25.2 Å². The molecule has 6 heteroatoms. The lowest BCUT2D eigenvalue weighted by Gasteiger charge is -2.30. The Labute approximate surface area is 205 Å². The molecule has 1 aliphatic heterocycles. The van der Waals surface area contributed by atoms with Crippen LogP contribution in [-0.2, 0) is 4.79 Å². The van der Waals surface area contributed by atoms with Crippen LogP contribution in [0.2, 0.25) is 0 Å². The summed E-state index contributed by atoms with van der Waals surface area (Å²) in [4.78, 5) is 13.7. The van der Waals surface area contributed by atoms with Gasteiger partial charge in [-0.1, -0.05) is 30.3 Å². The molecule has 3 N–H and O–H groups in total. The number of allylic oxidation sites excluding steroid dienone is 1. The van der Waals surface area contributed by atoms with Crippen molar-refractivity contribution >= 4 is 17.2 Å². The molecule has 0 fully saturated rings. The summed E-state index contributed by atoms with van der Waals surface area (Å²) in [6, 6.07) is 21.0. The van der Waals surface area contributed by atoms with E-state index in [1.165, 1.54) is 0 Å². The topological polar surface area (TPSA) is 79.8 Å². The number of phenols is 1. The number of aromatic hydroxyl groups is 1. The molecule has 0 bridgehead atoms. The third kappa shape index (κ3) is 4.56. The number of phenolic OH excluding ortho intramolecular Hbond substituents is 1. The first-order valence-corrected chi connectivity index (χ1v) is 12.1. The molecule has 0 amide bonds. The van der Waals surface area contributed by atoms with Gasteiger partial charge in [0.25, 0.3) is 0 Å². The molecule has 1 heterocycles. The van der Waals surface area contributed by atoms with Crippen molar-refractivity contribution in [3.05, 3.63) is 89.1 Å². The molecule has 5 rings (SSSR count). The molecule has 180 valence electrons. The number of nitrogens with one attached hydrogen (secondary N) is 2. The number of ketones is 1. The van der Waals surface area contributed by atoms with E-state index in [1.54, 1.807) is 6.07 Å². The second kappa shape index (κ2) is 9.74. The van der Waals surface area contributed by atoms with Crippen LogP contribution in [0.1, 0.15) is 49.8 Å². The van der Waals surface area contributed by atoms with Gasteiger partial charge >= 0.3 is 0 Å². The standard InChI is InChI=1S/C29H30N2O4/c1-3-34-21-12-9-18(10-13-21)20-15-24-28(26(33)16-20)29(31-23-8-6-5-7-22(23)30-24)19-11-14-25(32)27(17-19)35-4-2/h5-14,17,20,29-32H,3-4,15-16H2,1-2H3. The third-order valence-electron chi connectivity index (χ3n) is 6.59. The number of para-hydroxylation sites is 2. The Hall–Kier alpha value is -3.93. The van der Waals surface area contributed by atoms with E-state index >= 15 is 0 Å². The van der Waals surface area contributed by atoms with Crippen LogP contribution in [-0.4, -0.2) is 24.1 Å². The number of hydrogen-bond acceptors (Lipinski definition) is 6. The minimum absolute atomic E-state index is 0.0779. The zero-order chi connectivity index (χ0) is 24.4. The van der Waals surface area contributed by atoms with E-state index in [2.05, 4.69) is 22.8 Å². The van der Waals surface area contributed by atoms with Gasteiger partial charge in [-0.25, -0.2) is 0 Å². The highest BCUT2D eigenvalue weighted by Crippen LogP contribution is 2.45. The largest absolute Gasteiger partial charge is 0.504 e. The van der Waals surface area contributed by atoms with Crippen molar-refractivity contribution < 1.29 is 19.4 Å². The zero-order valence-electron chi connectivity index (χ0n) is 20.0. The van der Waals surface area contributed by atoms with E-state index in [0.717, 1.165) is 45.9 Å². The molecule has 0 aromatic heterocycles. The van der Waals surface area contributed by atoms with Crippen molar-refractivity contribution in [2.75, 3.05) is 23.8 Å². The lowest BCUT2D eigenvalue weighted by atomic mass is 9.78. The van der Waals surface area contributed by atoms with E-state index in [0.29, 0.717) is 25.4 Å². The Kier molecular flexibility index (Phi) is 6.36. The maximum absolute atomic E-state index is 13.7. The summed E-state index contributed by atoms with van der Waals surface area (Å²) in [5.74, 6) is 1.52. The van der Waals surface area contributed by atoms with Crippen molar-refractivity contribution in [3.63, 3.8) is 0 Å². The summed E-state index contributed by atoms with van der Waals surface area (Å²) < 4.78 is 11.2. The molecule has 6 nitrogen and oxygen atoms in total. The number of rotatable bonds is 6. The van der Waals surface area contributed by atoms with Crippen molar-refractivity contribution in [2.45, 2.75) is 38.6 Å². The lowest BCUT2D eigenvalue weighted by molar-refractivity contribution is -0.116. The summed E-state index contributed by atoms with van der Waals surface area (Å²) in [7, 11) is 0. The van der Waals surface area contributed by atoms with Crippen molar-refractivity contribution in [1.29, 1.82) is 0 Å². The summed E-state index contributed by atoms with van der Waals surface area (Å²) in [6.07, 6.45) is 1.15. The predicted octanol–water partition coefficient (Wildman–Crippen LogP) is 6.17. The highest BCUT2D eigenvalue weighted by atomic mass is 16.5. The first kappa shape index (κ1) is 22.8. The number of benzene rings is 3. The first-order valence-electron chi connectivity index (χ1n) is 12.1. The van der Waals surface area contributed by atoms with Crippen molar-refractivity contribution in [3.8, 4) is 17.2 Å². The van der Waals surface area contributed by atoms with Gasteiger partial charge in [0.1, 0.15) is 5.75 Å². The average Bonchev–Trinajstić information content (AvgIpc) is 3.03. The molecule has 0 saturated heterocycles. The Morgan fingerprint density at radius 2 is 1.60 bits per heavy atom. The number of fused-ring (bicyclic) bond motifs is 1. The fourth-order valence-corrected chi connectivity index (χ4v) is 4.96. The number of carbonyl (C=O) groups excluding carboxylic acids is 1. The Morgan fingerprint density at radius 3 is 2.34 bits per heavy atom. The summed E-state index contributed by atoms with van der Waals surface area (Å²) in [5.41, 5.74) is 5.51. The first-order chi connectivity index (χ1) is 17.1. The van der Waals surface area contributed by atoms with Gasteiger partial charge in [0.05, 0.1) is 30.6 Å². The molecule has 2 unspecified atom stereocenters. The number of hydrogen-bond donors (Lipinski definition) is 3. The SMILES string of the molecule is CCOc1ccc(C2CC(=O)C3=C(C2)Nc2ccccc2NC3c2ccc(O)c(OCC)c2)cc1. The van der Waals surface area contributed by atoms with Gasteiger partial charge in [-0.05, 0) is 73.7 Å². The van der Waals surface area contributed by atoms with E-state index < -0.39 is 0 Å².